The summed E-state index contributed by atoms with van der Waals surface area (Å²) in [6.07, 6.45) is 4.96. The number of aromatic amines is 1. The zero-order valence-electron chi connectivity index (χ0n) is 10.7. The van der Waals surface area contributed by atoms with E-state index in [-0.39, 0.29) is 17.9 Å². The van der Waals surface area contributed by atoms with Gasteiger partial charge in [-0.25, -0.2) is 5.10 Å². The first-order chi connectivity index (χ1) is 8.72. The van der Waals surface area contributed by atoms with Crippen molar-refractivity contribution in [1.29, 1.82) is 0 Å². The van der Waals surface area contributed by atoms with Crippen molar-refractivity contribution >= 4 is 5.91 Å². The number of hydrogen-bond acceptors (Lipinski definition) is 3. The molecule has 1 aromatic rings. The molecule has 0 atom stereocenters. The fraction of sp³-hybridized carbons (Fsp3) is 0.615. The van der Waals surface area contributed by atoms with Gasteiger partial charge in [0.1, 0.15) is 0 Å². The summed E-state index contributed by atoms with van der Waals surface area (Å²) >= 11 is 0. The molecule has 1 amide bonds. The van der Waals surface area contributed by atoms with Crippen molar-refractivity contribution in [3.05, 3.63) is 27.2 Å². The third-order valence-corrected chi connectivity index (χ3v) is 3.28. The topological polar surface area (TPSA) is 74.8 Å². The van der Waals surface area contributed by atoms with Gasteiger partial charge in [0.05, 0.1) is 12.1 Å². The molecule has 18 heavy (non-hydrogen) atoms. The Bertz CT molecular complexity index is 493. The van der Waals surface area contributed by atoms with E-state index in [0.29, 0.717) is 6.54 Å². The number of carbonyl (C=O) groups is 1. The maximum absolute atomic E-state index is 11.7. The minimum absolute atomic E-state index is 0.0239. The van der Waals surface area contributed by atoms with Crippen LogP contribution in [-0.4, -0.2) is 22.6 Å². The normalized spacial score (nSPS) is 14.1. The summed E-state index contributed by atoms with van der Waals surface area (Å²) in [6.45, 7) is 2.70. The van der Waals surface area contributed by atoms with Gasteiger partial charge in [-0.15, -0.1) is 0 Å². The average molecular weight is 249 g/mol. The molecule has 0 saturated carbocycles. The predicted octanol–water partition coefficient (Wildman–Crippen LogP) is 0.717. The van der Waals surface area contributed by atoms with Crippen LogP contribution in [0.1, 0.15) is 43.0 Å². The average Bonchev–Trinajstić information content (AvgIpc) is 2.40. The Morgan fingerprint density at radius 1 is 1.33 bits per heavy atom. The van der Waals surface area contributed by atoms with E-state index >= 15 is 0 Å². The second-order valence-corrected chi connectivity index (χ2v) is 4.69. The number of nitrogens with one attached hydrogen (secondary N) is 2. The van der Waals surface area contributed by atoms with E-state index < -0.39 is 0 Å². The molecule has 2 rings (SSSR count). The predicted molar refractivity (Wildman–Crippen MR) is 68.5 cm³/mol. The maximum atomic E-state index is 11.7. The lowest BCUT2D eigenvalue weighted by molar-refractivity contribution is -0.120. The molecule has 2 N–H and O–H groups in total. The van der Waals surface area contributed by atoms with Gasteiger partial charge in [0.25, 0.3) is 5.56 Å². The van der Waals surface area contributed by atoms with E-state index in [0.717, 1.165) is 48.9 Å². The summed E-state index contributed by atoms with van der Waals surface area (Å²) in [5, 5.41) is 9.38. The molecule has 0 radical (unpaired) electrons. The van der Waals surface area contributed by atoms with Crippen LogP contribution in [0.15, 0.2) is 4.79 Å². The molecule has 0 unspecified atom stereocenters. The lowest BCUT2D eigenvalue weighted by Gasteiger charge is -2.17. The zero-order valence-corrected chi connectivity index (χ0v) is 10.7. The molecule has 1 aromatic heterocycles. The maximum Gasteiger partial charge on any atom is 0.267 e. The first kappa shape index (κ1) is 12.8. The summed E-state index contributed by atoms with van der Waals surface area (Å²) in [5.41, 5.74) is 2.46. The smallest absolute Gasteiger partial charge is 0.267 e. The number of aromatic nitrogens is 2. The highest BCUT2D eigenvalue weighted by atomic mass is 16.1. The molecule has 0 spiro atoms. The molecular formula is C13H19N3O2. The van der Waals surface area contributed by atoms with Gasteiger partial charge in [-0.2, -0.15) is 5.10 Å². The molecule has 0 saturated heterocycles. The molecule has 1 heterocycles. The van der Waals surface area contributed by atoms with Crippen molar-refractivity contribution in [2.24, 2.45) is 0 Å². The van der Waals surface area contributed by atoms with E-state index in [2.05, 4.69) is 15.5 Å². The Hall–Kier alpha value is -1.65. The van der Waals surface area contributed by atoms with E-state index in [1.54, 1.807) is 0 Å². The number of nitrogens with zero attached hydrogens (tertiary/aromatic N) is 1. The Morgan fingerprint density at radius 3 is 2.78 bits per heavy atom. The largest absolute Gasteiger partial charge is 0.356 e. The van der Waals surface area contributed by atoms with Gasteiger partial charge in [-0.05, 0) is 37.7 Å². The number of hydrogen-bond donors (Lipinski definition) is 2. The second kappa shape index (κ2) is 5.80. The third-order valence-electron chi connectivity index (χ3n) is 3.28. The number of H-pyrrole nitrogens is 1. The second-order valence-electron chi connectivity index (χ2n) is 4.69. The van der Waals surface area contributed by atoms with E-state index in [9.17, 15) is 9.59 Å². The molecule has 98 valence electrons. The van der Waals surface area contributed by atoms with Crippen LogP contribution in [0.2, 0.25) is 0 Å². The van der Waals surface area contributed by atoms with Crippen LogP contribution in [0, 0.1) is 0 Å². The van der Waals surface area contributed by atoms with Crippen LogP contribution in [0.3, 0.4) is 0 Å². The summed E-state index contributed by atoms with van der Waals surface area (Å²) in [7, 11) is 0. The van der Waals surface area contributed by atoms with Crippen LogP contribution >= 0.6 is 0 Å². The van der Waals surface area contributed by atoms with E-state index in [1.165, 1.54) is 0 Å². The van der Waals surface area contributed by atoms with Crippen molar-refractivity contribution in [2.75, 3.05) is 6.54 Å². The van der Waals surface area contributed by atoms with Crippen molar-refractivity contribution < 1.29 is 4.79 Å². The van der Waals surface area contributed by atoms with Crippen LogP contribution in [0.25, 0.3) is 0 Å². The Morgan fingerprint density at radius 2 is 2.06 bits per heavy atom. The van der Waals surface area contributed by atoms with Crippen molar-refractivity contribution in [3.8, 4) is 0 Å². The zero-order chi connectivity index (χ0) is 13.0. The fourth-order valence-corrected chi connectivity index (χ4v) is 2.35. The fourth-order valence-electron chi connectivity index (χ4n) is 2.35. The van der Waals surface area contributed by atoms with Crippen molar-refractivity contribution in [3.63, 3.8) is 0 Å². The van der Waals surface area contributed by atoms with Crippen LogP contribution in [-0.2, 0) is 24.1 Å². The number of amides is 1. The van der Waals surface area contributed by atoms with Crippen LogP contribution < -0.4 is 10.9 Å². The highest BCUT2D eigenvalue weighted by molar-refractivity contribution is 5.78. The number of rotatable bonds is 4. The first-order valence-corrected chi connectivity index (χ1v) is 6.58. The third kappa shape index (κ3) is 2.78. The molecule has 0 bridgehead atoms. The SMILES string of the molecule is CCCNC(=O)Cc1n[nH]c(=O)c2c1CCCC2. The standard InChI is InChI=1S/C13H19N3O2/c1-2-7-14-12(17)8-11-9-5-3-4-6-10(9)13(18)16-15-11/h2-8H2,1H3,(H,14,17)(H,16,18). The lowest BCUT2D eigenvalue weighted by atomic mass is 9.91. The molecule has 5 nitrogen and oxygen atoms in total. The van der Waals surface area contributed by atoms with Crippen LogP contribution in [0.5, 0.6) is 0 Å². The highest BCUT2D eigenvalue weighted by Crippen LogP contribution is 2.20. The number of fused-ring (bicyclic) bond motifs is 1. The van der Waals surface area contributed by atoms with Gasteiger partial charge in [-0.3, -0.25) is 9.59 Å². The van der Waals surface area contributed by atoms with Crippen molar-refractivity contribution in [1.82, 2.24) is 15.5 Å². The molecule has 1 aliphatic rings. The van der Waals surface area contributed by atoms with Gasteiger partial charge in [0, 0.05) is 12.1 Å². The summed E-state index contributed by atoms with van der Waals surface area (Å²) in [5.74, 6) is -0.0239. The summed E-state index contributed by atoms with van der Waals surface area (Å²) in [6, 6.07) is 0. The molecule has 0 fully saturated rings. The quantitative estimate of drug-likeness (QED) is 0.825. The monoisotopic (exact) mass is 249 g/mol. The van der Waals surface area contributed by atoms with Gasteiger partial charge in [-0.1, -0.05) is 6.92 Å². The van der Waals surface area contributed by atoms with Gasteiger partial charge < -0.3 is 5.32 Å². The van der Waals surface area contributed by atoms with E-state index in [4.69, 9.17) is 0 Å². The Balaban J connectivity index is 2.18. The van der Waals surface area contributed by atoms with Gasteiger partial charge in [0.15, 0.2) is 0 Å². The highest BCUT2D eigenvalue weighted by Gasteiger charge is 2.19. The van der Waals surface area contributed by atoms with Crippen molar-refractivity contribution in [2.45, 2.75) is 45.4 Å². The molecule has 0 aliphatic heterocycles. The van der Waals surface area contributed by atoms with E-state index in [1.807, 2.05) is 6.92 Å². The van der Waals surface area contributed by atoms with Gasteiger partial charge >= 0.3 is 0 Å². The summed E-state index contributed by atoms with van der Waals surface area (Å²) < 4.78 is 0. The van der Waals surface area contributed by atoms with Gasteiger partial charge in [0.2, 0.25) is 5.91 Å². The summed E-state index contributed by atoms with van der Waals surface area (Å²) in [4.78, 5) is 23.4. The molecular weight excluding hydrogens is 230 g/mol. The lowest BCUT2D eigenvalue weighted by Crippen LogP contribution is -2.29. The minimum Gasteiger partial charge on any atom is -0.356 e. The first-order valence-electron chi connectivity index (χ1n) is 6.58. The van der Waals surface area contributed by atoms with Crippen LogP contribution in [0.4, 0.5) is 0 Å². The Labute approximate surface area is 106 Å². The molecule has 1 aliphatic carbocycles. The minimum atomic E-state index is -0.0950. The molecule has 0 aromatic carbocycles. The number of carbonyl (C=O) groups excluding carboxylic acids is 1. The molecule has 5 heteroatoms. The Kier molecular flexibility index (Phi) is 4.12.